The summed E-state index contributed by atoms with van der Waals surface area (Å²) in [6, 6.07) is 5.88. The SMILES string of the molecule is CCCc1c(C)nc2c(Br)cccc2c1SCC(=O)[O-]. The van der Waals surface area contributed by atoms with Gasteiger partial charge in [-0.2, -0.15) is 0 Å². The number of thioether (sulfide) groups is 1. The second-order valence-electron chi connectivity index (χ2n) is 4.55. The van der Waals surface area contributed by atoms with Crippen molar-refractivity contribution < 1.29 is 9.90 Å². The lowest BCUT2D eigenvalue weighted by Gasteiger charge is -2.15. The lowest BCUT2D eigenvalue weighted by molar-refractivity contribution is -0.301. The van der Waals surface area contributed by atoms with Crippen LogP contribution in [0.1, 0.15) is 24.6 Å². The molecule has 0 unspecified atom stereocenters. The number of carbonyl (C=O) groups excluding carboxylic acids is 1. The van der Waals surface area contributed by atoms with E-state index in [1.54, 1.807) is 0 Å². The zero-order valence-corrected chi connectivity index (χ0v) is 13.8. The second-order valence-corrected chi connectivity index (χ2v) is 6.39. The molecule has 5 heteroatoms. The molecule has 0 saturated heterocycles. The third kappa shape index (κ3) is 3.15. The predicted molar refractivity (Wildman–Crippen MR) is 83.9 cm³/mol. The maximum absolute atomic E-state index is 10.8. The van der Waals surface area contributed by atoms with E-state index in [2.05, 4.69) is 27.8 Å². The predicted octanol–water partition coefficient (Wildman–Crippen LogP) is 3.10. The standard InChI is InChI=1S/C15H16BrNO2S/c1-3-5-10-9(2)17-14-11(6-4-7-12(14)16)15(10)20-8-13(18)19/h4,6-7H,3,5,8H2,1-2H3,(H,18,19)/p-1. The molecule has 106 valence electrons. The summed E-state index contributed by atoms with van der Waals surface area (Å²) in [5.41, 5.74) is 2.99. The van der Waals surface area contributed by atoms with E-state index < -0.39 is 5.97 Å². The number of aliphatic carboxylic acids is 1. The number of carboxylic acids is 1. The van der Waals surface area contributed by atoms with Gasteiger partial charge in [0.15, 0.2) is 0 Å². The molecule has 2 aromatic rings. The normalized spacial score (nSPS) is 10.9. The van der Waals surface area contributed by atoms with E-state index in [0.29, 0.717) is 0 Å². The Kier molecular flexibility index (Phi) is 5.05. The summed E-state index contributed by atoms with van der Waals surface area (Å²) >= 11 is 4.83. The smallest absolute Gasteiger partial charge is 0.0858 e. The van der Waals surface area contributed by atoms with Gasteiger partial charge in [0.25, 0.3) is 0 Å². The van der Waals surface area contributed by atoms with Crippen LogP contribution >= 0.6 is 27.7 Å². The molecule has 0 aliphatic heterocycles. The molecule has 0 aliphatic rings. The quantitative estimate of drug-likeness (QED) is 0.775. The fraction of sp³-hybridized carbons (Fsp3) is 0.333. The third-order valence-corrected chi connectivity index (χ3v) is 4.83. The van der Waals surface area contributed by atoms with E-state index >= 15 is 0 Å². The van der Waals surface area contributed by atoms with Crippen LogP contribution in [0.2, 0.25) is 0 Å². The first-order chi connectivity index (χ1) is 9.54. The zero-order chi connectivity index (χ0) is 14.7. The number of nitrogens with zero attached hydrogens (tertiary/aromatic N) is 1. The van der Waals surface area contributed by atoms with Gasteiger partial charge in [0.2, 0.25) is 0 Å². The number of carbonyl (C=O) groups is 1. The van der Waals surface area contributed by atoms with Crippen molar-refractivity contribution in [2.75, 3.05) is 5.75 Å². The first-order valence-corrected chi connectivity index (χ1v) is 8.22. The van der Waals surface area contributed by atoms with Crippen LogP contribution in [-0.4, -0.2) is 16.7 Å². The van der Waals surface area contributed by atoms with Crippen LogP contribution in [-0.2, 0) is 11.2 Å². The highest BCUT2D eigenvalue weighted by Gasteiger charge is 2.14. The Bertz CT molecular complexity index is 658. The fourth-order valence-corrected chi connectivity index (χ4v) is 3.68. The minimum Gasteiger partial charge on any atom is -0.549 e. The number of rotatable bonds is 5. The van der Waals surface area contributed by atoms with E-state index in [1.165, 1.54) is 11.8 Å². The van der Waals surface area contributed by atoms with Crippen LogP contribution in [0.3, 0.4) is 0 Å². The van der Waals surface area contributed by atoms with Crippen molar-refractivity contribution in [3.8, 4) is 0 Å². The molecule has 0 radical (unpaired) electrons. The first-order valence-electron chi connectivity index (χ1n) is 6.45. The van der Waals surface area contributed by atoms with E-state index in [0.717, 1.165) is 44.4 Å². The summed E-state index contributed by atoms with van der Waals surface area (Å²) in [4.78, 5) is 16.4. The number of para-hydroxylation sites is 1. The van der Waals surface area contributed by atoms with Crippen LogP contribution < -0.4 is 5.11 Å². The lowest BCUT2D eigenvalue weighted by atomic mass is 10.1. The van der Waals surface area contributed by atoms with E-state index in [1.807, 2.05) is 25.1 Å². The molecule has 0 bridgehead atoms. The van der Waals surface area contributed by atoms with Gasteiger partial charge >= 0.3 is 0 Å². The average Bonchev–Trinajstić information content (AvgIpc) is 2.40. The maximum atomic E-state index is 10.8. The Morgan fingerprint density at radius 3 is 2.85 bits per heavy atom. The molecule has 0 atom stereocenters. The van der Waals surface area contributed by atoms with Crippen molar-refractivity contribution in [3.63, 3.8) is 0 Å². The first kappa shape index (κ1) is 15.3. The molecule has 0 spiro atoms. The molecule has 3 nitrogen and oxygen atoms in total. The summed E-state index contributed by atoms with van der Waals surface area (Å²) in [6.07, 6.45) is 1.90. The van der Waals surface area contributed by atoms with Crippen LogP contribution in [0.4, 0.5) is 0 Å². The van der Waals surface area contributed by atoms with E-state index in [-0.39, 0.29) is 5.75 Å². The number of benzene rings is 1. The molecule has 0 amide bonds. The van der Waals surface area contributed by atoms with Crippen molar-refractivity contribution in [3.05, 3.63) is 33.9 Å². The number of hydrogen-bond donors (Lipinski definition) is 0. The lowest BCUT2D eigenvalue weighted by Crippen LogP contribution is -2.24. The van der Waals surface area contributed by atoms with Crippen molar-refractivity contribution in [1.29, 1.82) is 0 Å². The van der Waals surface area contributed by atoms with Gasteiger partial charge in [-0.1, -0.05) is 25.5 Å². The Morgan fingerprint density at radius 1 is 1.45 bits per heavy atom. The zero-order valence-electron chi connectivity index (χ0n) is 11.4. The molecule has 0 N–H and O–H groups in total. The summed E-state index contributed by atoms with van der Waals surface area (Å²) in [5.74, 6) is -1.09. The second kappa shape index (κ2) is 6.59. The molecule has 1 aromatic carbocycles. The molecule has 0 saturated carbocycles. The highest BCUT2D eigenvalue weighted by atomic mass is 79.9. The number of aromatic nitrogens is 1. The van der Waals surface area contributed by atoms with Crippen molar-refractivity contribution in [2.24, 2.45) is 0 Å². The third-order valence-electron chi connectivity index (χ3n) is 3.06. The average molecular weight is 353 g/mol. The van der Waals surface area contributed by atoms with Crippen molar-refractivity contribution in [2.45, 2.75) is 31.6 Å². The molecule has 2 rings (SSSR count). The molecular weight excluding hydrogens is 338 g/mol. The van der Waals surface area contributed by atoms with E-state index in [9.17, 15) is 9.90 Å². The summed E-state index contributed by atoms with van der Waals surface area (Å²) in [7, 11) is 0. The van der Waals surface area contributed by atoms with Gasteiger partial charge in [0, 0.05) is 26.2 Å². The van der Waals surface area contributed by atoms with Gasteiger partial charge in [0.1, 0.15) is 0 Å². The molecule has 1 aromatic heterocycles. The topological polar surface area (TPSA) is 53.0 Å². The van der Waals surface area contributed by atoms with Gasteiger partial charge in [-0.25, -0.2) is 0 Å². The fourth-order valence-electron chi connectivity index (χ4n) is 2.21. The number of fused-ring (bicyclic) bond motifs is 1. The van der Waals surface area contributed by atoms with Crippen LogP contribution in [0.5, 0.6) is 0 Å². The van der Waals surface area contributed by atoms with Gasteiger partial charge in [0.05, 0.1) is 11.5 Å². The molecule has 1 heterocycles. The van der Waals surface area contributed by atoms with Gasteiger partial charge in [-0.3, -0.25) is 4.98 Å². The number of carboxylic acid groups (broad SMARTS) is 1. The number of hydrogen-bond acceptors (Lipinski definition) is 4. The number of aryl methyl sites for hydroxylation is 1. The summed E-state index contributed by atoms with van der Waals surface area (Å²) in [6.45, 7) is 4.09. The molecule has 20 heavy (non-hydrogen) atoms. The van der Waals surface area contributed by atoms with Crippen molar-refractivity contribution in [1.82, 2.24) is 4.98 Å². The van der Waals surface area contributed by atoms with Gasteiger partial charge in [-0.15, -0.1) is 11.8 Å². The van der Waals surface area contributed by atoms with E-state index in [4.69, 9.17) is 0 Å². The van der Waals surface area contributed by atoms with Crippen molar-refractivity contribution >= 4 is 44.6 Å². The van der Waals surface area contributed by atoms with Gasteiger partial charge < -0.3 is 9.90 Å². The molecule has 0 aliphatic carbocycles. The molecular formula is C15H15BrNO2S-. The minimum atomic E-state index is -1.05. The number of pyridine rings is 1. The Morgan fingerprint density at radius 2 is 2.20 bits per heavy atom. The minimum absolute atomic E-state index is 0.0399. The molecule has 0 fully saturated rings. The van der Waals surface area contributed by atoms with Crippen LogP contribution in [0.25, 0.3) is 10.9 Å². The maximum Gasteiger partial charge on any atom is 0.0858 e. The van der Waals surface area contributed by atoms with Crippen LogP contribution in [0, 0.1) is 6.92 Å². The highest BCUT2D eigenvalue weighted by Crippen LogP contribution is 2.35. The number of halogens is 1. The van der Waals surface area contributed by atoms with Gasteiger partial charge in [-0.05, 0) is 40.9 Å². The highest BCUT2D eigenvalue weighted by molar-refractivity contribution is 9.10. The Balaban J connectivity index is 2.65. The summed E-state index contributed by atoms with van der Waals surface area (Å²) < 4.78 is 0.927. The largest absolute Gasteiger partial charge is 0.549 e. The van der Waals surface area contributed by atoms with Crippen LogP contribution in [0.15, 0.2) is 27.6 Å². The monoisotopic (exact) mass is 352 g/mol. The summed E-state index contributed by atoms with van der Waals surface area (Å²) in [5, 5.41) is 11.8. The Hall–Kier alpha value is -1.07. The Labute approximate surface area is 130 Å².